The van der Waals surface area contributed by atoms with Crippen molar-refractivity contribution in [3.63, 3.8) is 0 Å². The number of hydroxylamine groups is 1. The highest BCUT2D eigenvalue weighted by molar-refractivity contribution is 5.81. The Hall–Kier alpha value is -2.85. The number of nitrogens with one attached hydrogen (secondary N) is 2. The first-order valence-corrected chi connectivity index (χ1v) is 8.80. The third kappa shape index (κ3) is 4.66. The van der Waals surface area contributed by atoms with Crippen LogP contribution in [-0.4, -0.2) is 35.0 Å². The van der Waals surface area contributed by atoms with Crippen LogP contribution >= 0.6 is 0 Å². The summed E-state index contributed by atoms with van der Waals surface area (Å²) in [4.78, 5) is 11.8. The highest BCUT2D eigenvalue weighted by atomic mass is 16.5. The van der Waals surface area contributed by atoms with E-state index in [1.807, 2.05) is 48.5 Å². The molecule has 2 aromatic rings. The molecule has 27 heavy (non-hydrogen) atoms. The molecule has 1 amide bonds. The van der Waals surface area contributed by atoms with Crippen molar-refractivity contribution in [1.82, 2.24) is 10.8 Å². The third-order valence-electron chi connectivity index (χ3n) is 4.43. The van der Waals surface area contributed by atoms with Gasteiger partial charge >= 0.3 is 0 Å². The van der Waals surface area contributed by atoms with Gasteiger partial charge in [0, 0.05) is 29.2 Å². The van der Waals surface area contributed by atoms with E-state index in [0.717, 1.165) is 16.7 Å². The molecule has 3 rings (SSSR count). The summed E-state index contributed by atoms with van der Waals surface area (Å²) in [7, 11) is 0. The van der Waals surface area contributed by atoms with Gasteiger partial charge in [0.15, 0.2) is 0 Å². The molecule has 0 aromatic heterocycles. The average molecular weight is 366 g/mol. The molecule has 1 aliphatic rings. The average Bonchev–Trinajstić information content (AvgIpc) is 2.70. The summed E-state index contributed by atoms with van der Waals surface area (Å²) < 4.78 is 5.76. The van der Waals surface area contributed by atoms with Gasteiger partial charge in [-0.3, -0.25) is 15.3 Å². The molecule has 2 aromatic carbocycles. The Morgan fingerprint density at radius 1 is 1.19 bits per heavy atom. The number of fused-ring (bicyclic) bond motifs is 1. The molecule has 1 aliphatic heterocycles. The van der Waals surface area contributed by atoms with E-state index in [9.17, 15) is 9.90 Å². The zero-order valence-corrected chi connectivity index (χ0v) is 15.0. The fourth-order valence-corrected chi connectivity index (χ4v) is 3.03. The van der Waals surface area contributed by atoms with Crippen molar-refractivity contribution in [3.8, 4) is 17.6 Å². The molecule has 0 spiro atoms. The molecule has 0 fully saturated rings. The van der Waals surface area contributed by atoms with E-state index in [4.69, 9.17) is 9.94 Å². The van der Waals surface area contributed by atoms with Gasteiger partial charge in [-0.1, -0.05) is 36.1 Å². The summed E-state index contributed by atoms with van der Waals surface area (Å²) in [5.41, 5.74) is 4.25. The Balaban J connectivity index is 1.80. The molecule has 4 N–H and O–H groups in total. The molecule has 140 valence electrons. The van der Waals surface area contributed by atoms with E-state index < -0.39 is 18.1 Å². The molecule has 1 unspecified atom stereocenters. The van der Waals surface area contributed by atoms with Gasteiger partial charge in [0.25, 0.3) is 5.91 Å². The molecule has 0 radical (unpaired) electrons. The number of amides is 1. The number of hydrogen-bond acceptors (Lipinski definition) is 5. The first kappa shape index (κ1) is 18.9. The van der Waals surface area contributed by atoms with E-state index in [2.05, 4.69) is 17.2 Å². The van der Waals surface area contributed by atoms with Gasteiger partial charge in [-0.15, -0.1) is 0 Å². The van der Waals surface area contributed by atoms with E-state index in [1.54, 1.807) is 5.48 Å². The summed E-state index contributed by atoms with van der Waals surface area (Å²) in [6.07, 6.45) is -0.316. The third-order valence-corrected chi connectivity index (χ3v) is 4.43. The molecule has 0 bridgehead atoms. The van der Waals surface area contributed by atoms with Gasteiger partial charge in [-0.2, -0.15) is 0 Å². The molecule has 1 heterocycles. The van der Waals surface area contributed by atoms with Crippen LogP contribution in [0.15, 0.2) is 48.5 Å². The molecule has 6 nitrogen and oxygen atoms in total. The first-order valence-electron chi connectivity index (χ1n) is 8.80. The Kier molecular flexibility index (Phi) is 6.09. The van der Waals surface area contributed by atoms with Crippen LogP contribution in [0.25, 0.3) is 0 Å². The first-order chi connectivity index (χ1) is 13.1. The maximum Gasteiger partial charge on any atom is 0.263 e. The molecular formula is C21H22N2O4. The normalized spacial score (nSPS) is 17.5. The lowest BCUT2D eigenvalue weighted by Gasteiger charge is -2.31. The fraction of sp³-hybridized carbons (Fsp3) is 0.286. The minimum atomic E-state index is -0.959. The lowest BCUT2D eigenvalue weighted by molar-refractivity contribution is -0.134. The predicted molar refractivity (Wildman–Crippen MR) is 100 cm³/mol. The summed E-state index contributed by atoms with van der Waals surface area (Å²) in [5.74, 6) is 6.26. The van der Waals surface area contributed by atoms with Crippen LogP contribution in [0.5, 0.6) is 5.75 Å². The van der Waals surface area contributed by atoms with Crippen LogP contribution < -0.4 is 15.5 Å². The minimum Gasteiger partial charge on any atom is -0.493 e. The maximum absolute atomic E-state index is 11.8. The zero-order valence-electron chi connectivity index (χ0n) is 15.0. The molecule has 0 saturated carbocycles. The number of hydrogen-bond donors (Lipinski definition) is 4. The van der Waals surface area contributed by atoms with Crippen LogP contribution in [-0.2, 0) is 4.79 Å². The van der Waals surface area contributed by atoms with Crippen LogP contribution in [0.1, 0.15) is 36.1 Å². The van der Waals surface area contributed by atoms with Crippen molar-refractivity contribution < 1.29 is 19.8 Å². The van der Waals surface area contributed by atoms with Crippen molar-refractivity contribution >= 4 is 5.91 Å². The van der Waals surface area contributed by atoms with E-state index in [1.165, 1.54) is 6.92 Å². The lowest BCUT2D eigenvalue weighted by Crippen LogP contribution is -2.51. The van der Waals surface area contributed by atoms with Crippen molar-refractivity contribution in [2.24, 2.45) is 0 Å². The highest BCUT2D eigenvalue weighted by Crippen LogP contribution is 2.33. The number of carbonyl (C=O) groups excluding carboxylic acids is 1. The standard InChI is InChI=1S/C21H22N2O4/c1-14(24)20(21(25)23-26)22-18-11-12-27-19-13-16(9-10-17(18)19)8-7-15-5-3-2-4-6-15/h2-6,9-10,13-14,18,20,22,24,26H,11-12H2,1H3,(H,23,25)/t14-,18?,20+/m1/s1. The number of aliphatic hydroxyl groups excluding tert-OH is 1. The largest absolute Gasteiger partial charge is 0.493 e. The van der Waals surface area contributed by atoms with E-state index >= 15 is 0 Å². The van der Waals surface area contributed by atoms with Crippen molar-refractivity contribution in [1.29, 1.82) is 0 Å². The van der Waals surface area contributed by atoms with Gasteiger partial charge < -0.3 is 9.84 Å². The second-order valence-corrected chi connectivity index (χ2v) is 6.42. The smallest absolute Gasteiger partial charge is 0.263 e. The van der Waals surface area contributed by atoms with Gasteiger partial charge in [-0.05, 0) is 31.2 Å². The Morgan fingerprint density at radius 2 is 1.93 bits per heavy atom. The molecular weight excluding hydrogens is 344 g/mol. The number of rotatable bonds is 4. The maximum atomic E-state index is 11.8. The summed E-state index contributed by atoms with van der Waals surface area (Å²) >= 11 is 0. The molecule has 0 aliphatic carbocycles. The van der Waals surface area contributed by atoms with Gasteiger partial charge in [0.05, 0.1) is 12.7 Å². The predicted octanol–water partition coefficient (Wildman–Crippen LogP) is 1.75. The minimum absolute atomic E-state index is 0.179. The number of aliphatic hydroxyl groups is 1. The highest BCUT2D eigenvalue weighted by Gasteiger charge is 2.30. The Bertz CT molecular complexity index is 855. The van der Waals surface area contributed by atoms with Crippen molar-refractivity contribution in [3.05, 3.63) is 65.2 Å². The molecule has 6 heteroatoms. The second-order valence-electron chi connectivity index (χ2n) is 6.42. The summed E-state index contributed by atoms with van der Waals surface area (Å²) in [6.45, 7) is 1.98. The molecule has 0 saturated heterocycles. The van der Waals surface area contributed by atoms with Gasteiger partial charge in [-0.25, -0.2) is 5.48 Å². The van der Waals surface area contributed by atoms with Crippen LogP contribution in [0.2, 0.25) is 0 Å². The van der Waals surface area contributed by atoms with E-state index in [-0.39, 0.29) is 6.04 Å². The number of carbonyl (C=O) groups is 1. The SMILES string of the molecule is C[C@@H](O)[C@H](NC1CCOc2cc(C#Cc3ccccc3)ccc21)C(=O)NO. The monoisotopic (exact) mass is 366 g/mol. The number of ether oxygens (including phenoxy) is 1. The van der Waals surface area contributed by atoms with Gasteiger partial charge in [0.2, 0.25) is 0 Å². The quantitative estimate of drug-likeness (QED) is 0.376. The van der Waals surface area contributed by atoms with Crippen molar-refractivity contribution in [2.45, 2.75) is 31.5 Å². The summed E-state index contributed by atoms with van der Waals surface area (Å²) in [6, 6.07) is 14.3. The summed E-state index contributed by atoms with van der Waals surface area (Å²) in [5, 5.41) is 21.8. The van der Waals surface area contributed by atoms with Crippen molar-refractivity contribution in [2.75, 3.05) is 6.61 Å². The Morgan fingerprint density at radius 3 is 2.63 bits per heavy atom. The molecule has 3 atom stereocenters. The topological polar surface area (TPSA) is 90.8 Å². The Labute approximate surface area is 158 Å². The number of benzene rings is 2. The van der Waals surface area contributed by atoms with Gasteiger partial charge in [0.1, 0.15) is 11.8 Å². The zero-order chi connectivity index (χ0) is 19.2. The second kappa shape index (κ2) is 8.69. The van der Waals surface area contributed by atoms with Crippen LogP contribution in [0.4, 0.5) is 0 Å². The lowest BCUT2D eigenvalue weighted by atomic mass is 9.97. The fourth-order valence-electron chi connectivity index (χ4n) is 3.03. The van der Waals surface area contributed by atoms with E-state index in [0.29, 0.717) is 18.8 Å². The van der Waals surface area contributed by atoms with Crippen LogP contribution in [0, 0.1) is 11.8 Å². The van der Waals surface area contributed by atoms with Crippen LogP contribution in [0.3, 0.4) is 0 Å².